The number of nitrogens with one attached hydrogen (secondary N) is 2. The number of hydrogen-bond donors (Lipinski definition) is 2. The maximum Gasteiger partial charge on any atom is 0.350 e. The van der Waals surface area contributed by atoms with E-state index < -0.39 is 0 Å². The highest BCUT2D eigenvalue weighted by Gasteiger charge is 2.20. The highest BCUT2D eigenvalue weighted by molar-refractivity contribution is 7.13. The standard InChI is InChI=1S/C23H33N5O2S/c1-5-30-22(29)20-16(2)26-21(31-20)17(3)27-23(24-4)25-12-8-13-28-14-11-18-9-6-7-10-19(18)15-28/h6-7,9-10,17H,5,8,11-15H2,1-4H3,(H2,24,25,27). The van der Waals surface area contributed by atoms with Gasteiger partial charge in [-0.3, -0.25) is 9.89 Å². The molecule has 0 fully saturated rings. The van der Waals surface area contributed by atoms with Crippen LogP contribution in [0.2, 0.25) is 0 Å². The van der Waals surface area contributed by atoms with Crippen molar-refractivity contribution in [1.29, 1.82) is 0 Å². The number of guanidine groups is 1. The lowest BCUT2D eigenvalue weighted by Crippen LogP contribution is -2.40. The molecule has 2 heterocycles. The van der Waals surface area contributed by atoms with Crippen molar-refractivity contribution in [2.24, 2.45) is 4.99 Å². The predicted octanol–water partition coefficient (Wildman–Crippen LogP) is 3.30. The van der Waals surface area contributed by atoms with Crippen molar-refractivity contribution in [3.8, 4) is 0 Å². The zero-order chi connectivity index (χ0) is 22.2. The van der Waals surface area contributed by atoms with Crippen LogP contribution in [-0.2, 0) is 17.7 Å². The number of thiazole rings is 1. The molecule has 1 unspecified atom stereocenters. The summed E-state index contributed by atoms with van der Waals surface area (Å²) >= 11 is 1.37. The summed E-state index contributed by atoms with van der Waals surface area (Å²) in [6, 6.07) is 8.67. The topological polar surface area (TPSA) is 78.8 Å². The fraction of sp³-hybridized carbons (Fsp3) is 0.522. The molecular weight excluding hydrogens is 410 g/mol. The van der Waals surface area contributed by atoms with Crippen LogP contribution in [0.1, 0.15) is 57.8 Å². The SMILES string of the molecule is CCOC(=O)c1sc(C(C)NC(=NC)NCCCN2CCc3ccccc3C2)nc1C. The van der Waals surface area contributed by atoms with Gasteiger partial charge in [0.25, 0.3) is 0 Å². The molecule has 1 aromatic carbocycles. The number of ether oxygens (including phenoxy) is 1. The summed E-state index contributed by atoms with van der Waals surface area (Å²) in [5, 5.41) is 7.60. The molecule has 3 rings (SSSR count). The van der Waals surface area contributed by atoms with Crippen molar-refractivity contribution in [3.63, 3.8) is 0 Å². The maximum atomic E-state index is 12.0. The van der Waals surface area contributed by atoms with Crippen LogP contribution in [-0.4, -0.2) is 55.1 Å². The molecule has 2 N–H and O–H groups in total. The number of carbonyl (C=O) groups excluding carboxylic acids is 1. The summed E-state index contributed by atoms with van der Waals surface area (Å²) < 4.78 is 5.11. The van der Waals surface area contributed by atoms with Crippen LogP contribution in [0.5, 0.6) is 0 Å². The van der Waals surface area contributed by atoms with E-state index in [1.807, 2.05) is 13.8 Å². The van der Waals surface area contributed by atoms with E-state index in [2.05, 4.69) is 49.8 Å². The Kier molecular flexibility index (Phi) is 8.43. The molecule has 0 bridgehead atoms. The highest BCUT2D eigenvalue weighted by atomic mass is 32.1. The van der Waals surface area contributed by atoms with Gasteiger partial charge in [-0.15, -0.1) is 11.3 Å². The minimum atomic E-state index is -0.307. The van der Waals surface area contributed by atoms with E-state index in [0.29, 0.717) is 17.2 Å². The number of aryl methyl sites for hydroxylation is 1. The lowest BCUT2D eigenvalue weighted by molar-refractivity contribution is 0.0531. The van der Waals surface area contributed by atoms with Gasteiger partial charge in [-0.2, -0.15) is 0 Å². The van der Waals surface area contributed by atoms with Gasteiger partial charge < -0.3 is 15.4 Å². The molecule has 0 saturated heterocycles. The summed E-state index contributed by atoms with van der Waals surface area (Å²) in [6.45, 7) is 10.1. The number of rotatable bonds is 8. The van der Waals surface area contributed by atoms with E-state index in [-0.39, 0.29) is 12.0 Å². The molecule has 2 aromatic rings. The van der Waals surface area contributed by atoms with E-state index in [0.717, 1.165) is 50.0 Å². The van der Waals surface area contributed by atoms with Crippen molar-refractivity contribution in [2.75, 3.05) is 33.3 Å². The number of aromatic nitrogens is 1. The molecule has 1 aliphatic heterocycles. The summed E-state index contributed by atoms with van der Waals surface area (Å²) in [5.74, 6) is 0.431. The van der Waals surface area contributed by atoms with Gasteiger partial charge in [0.2, 0.25) is 0 Å². The number of nitrogens with zero attached hydrogens (tertiary/aromatic N) is 3. The summed E-state index contributed by atoms with van der Waals surface area (Å²) in [4.78, 5) is 24.0. The summed E-state index contributed by atoms with van der Waals surface area (Å²) in [5.41, 5.74) is 3.64. The second-order valence-electron chi connectivity index (χ2n) is 7.70. The van der Waals surface area contributed by atoms with Crippen molar-refractivity contribution < 1.29 is 9.53 Å². The Hall–Kier alpha value is -2.45. The minimum Gasteiger partial charge on any atom is -0.462 e. The third kappa shape index (κ3) is 6.27. The Labute approximate surface area is 188 Å². The lowest BCUT2D eigenvalue weighted by atomic mass is 10.00. The minimum absolute atomic E-state index is 0.0586. The highest BCUT2D eigenvalue weighted by Crippen LogP contribution is 2.24. The van der Waals surface area contributed by atoms with E-state index in [1.165, 1.54) is 22.5 Å². The first kappa shape index (κ1) is 23.2. The summed E-state index contributed by atoms with van der Waals surface area (Å²) in [7, 11) is 1.76. The largest absolute Gasteiger partial charge is 0.462 e. The van der Waals surface area contributed by atoms with E-state index in [1.54, 1.807) is 14.0 Å². The average Bonchev–Trinajstić information content (AvgIpc) is 3.17. The van der Waals surface area contributed by atoms with E-state index in [4.69, 9.17) is 4.74 Å². The average molecular weight is 444 g/mol. The van der Waals surface area contributed by atoms with Crippen LogP contribution >= 0.6 is 11.3 Å². The first-order chi connectivity index (χ1) is 15.0. The Bertz CT molecular complexity index is 911. The van der Waals surface area contributed by atoms with Crippen molar-refractivity contribution in [3.05, 3.63) is 51.0 Å². The molecule has 0 radical (unpaired) electrons. The number of carbonyl (C=O) groups is 1. The van der Waals surface area contributed by atoms with Crippen molar-refractivity contribution in [2.45, 2.75) is 46.2 Å². The predicted molar refractivity (Wildman–Crippen MR) is 126 cm³/mol. The molecule has 1 aliphatic rings. The van der Waals surface area contributed by atoms with Gasteiger partial charge in [0.05, 0.1) is 18.3 Å². The van der Waals surface area contributed by atoms with Gasteiger partial charge in [0, 0.05) is 33.2 Å². The Morgan fingerprint density at radius 1 is 1.35 bits per heavy atom. The zero-order valence-electron chi connectivity index (χ0n) is 18.9. The van der Waals surface area contributed by atoms with Crippen LogP contribution in [0.4, 0.5) is 0 Å². The van der Waals surface area contributed by atoms with Crippen LogP contribution in [0.25, 0.3) is 0 Å². The molecule has 168 valence electrons. The molecular formula is C23H33N5O2S. The molecule has 1 atom stereocenters. The Morgan fingerprint density at radius 3 is 2.87 bits per heavy atom. The lowest BCUT2D eigenvalue weighted by Gasteiger charge is -2.28. The van der Waals surface area contributed by atoms with Gasteiger partial charge >= 0.3 is 5.97 Å². The Balaban J connectivity index is 1.43. The number of fused-ring (bicyclic) bond motifs is 1. The van der Waals surface area contributed by atoms with Crippen LogP contribution < -0.4 is 10.6 Å². The van der Waals surface area contributed by atoms with Crippen LogP contribution in [0, 0.1) is 6.92 Å². The smallest absolute Gasteiger partial charge is 0.350 e. The maximum absolute atomic E-state index is 12.0. The molecule has 0 amide bonds. The molecule has 0 saturated carbocycles. The van der Waals surface area contributed by atoms with Gasteiger partial charge in [0.1, 0.15) is 9.88 Å². The molecule has 8 heteroatoms. The van der Waals surface area contributed by atoms with Crippen molar-refractivity contribution >= 4 is 23.3 Å². The molecule has 1 aromatic heterocycles. The van der Waals surface area contributed by atoms with E-state index in [9.17, 15) is 4.79 Å². The third-order valence-electron chi connectivity index (χ3n) is 5.37. The molecule has 0 spiro atoms. The first-order valence-corrected chi connectivity index (χ1v) is 11.7. The van der Waals surface area contributed by atoms with Crippen molar-refractivity contribution in [1.82, 2.24) is 20.5 Å². The van der Waals surface area contributed by atoms with Crippen LogP contribution in [0.3, 0.4) is 0 Å². The monoisotopic (exact) mass is 443 g/mol. The fourth-order valence-corrected chi connectivity index (χ4v) is 4.67. The van der Waals surface area contributed by atoms with E-state index >= 15 is 0 Å². The second-order valence-corrected chi connectivity index (χ2v) is 8.73. The Morgan fingerprint density at radius 2 is 2.13 bits per heavy atom. The first-order valence-electron chi connectivity index (χ1n) is 10.9. The number of benzene rings is 1. The quantitative estimate of drug-likeness (QED) is 0.282. The number of esters is 1. The number of hydrogen-bond acceptors (Lipinski definition) is 6. The summed E-state index contributed by atoms with van der Waals surface area (Å²) in [6.07, 6.45) is 2.17. The van der Waals surface area contributed by atoms with Gasteiger partial charge in [-0.05, 0) is 44.7 Å². The molecule has 31 heavy (non-hydrogen) atoms. The zero-order valence-corrected chi connectivity index (χ0v) is 19.7. The molecule has 7 nitrogen and oxygen atoms in total. The normalized spacial score (nSPS) is 15.3. The number of aliphatic imine (C=N–C) groups is 1. The third-order valence-corrected chi connectivity index (χ3v) is 6.69. The fourth-order valence-electron chi connectivity index (χ4n) is 3.70. The van der Waals surface area contributed by atoms with Crippen LogP contribution in [0.15, 0.2) is 29.3 Å². The van der Waals surface area contributed by atoms with Gasteiger partial charge in [-0.1, -0.05) is 24.3 Å². The van der Waals surface area contributed by atoms with Gasteiger partial charge in [-0.25, -0.2) is 9.78 Å². The second kappa shape index (κ2) is 11.2. The molecule has 0 aliphatic carbocycles. The van der Waals surface area contributed by atoms with Gasteiger partial charge in [0.15, 0.2) is 5.96 Å².